The molecule has 20 heavy (non-hydrogen) atoms. The summed E-state index contributed by atoms with van der Waals surface area (Å²) in [5, 5.41) is 0. The van der Waals surface area contributed by atoms with Crippen molar-refractivity contribution in [1.82, 2.24) is 4.90 Å². The highest BCUT2D eigenvalue weighted by molar-refractivity contribution is 5.95. The fourth-order valence-corrected chi connectivity index (χ4v) is 1.61. The molecule has 0 atom stereocenters. The van der Waals surface area contributed by atoms with Crippen LogP contribution in [0.25, 0.3) is 0 Å². The van der Waals surface area contributed by atoms with Gasteiger partial charge in [-0.3, -0.25) is 4.79 Å². The predicted octanol–water partition coefficient (Wildman–Crippen LogP) is 2.40. The molecule has 0 bridgehead atoms. The minimum absolute atomic E-state index is 0.0623. The van der Waals surface area contributed by atoms with Crippen LogP contribution in [0.3, 0.4) is 0 Å². The smallest absolute Gasteiger partial charge is 0.257 e. The Morgan fingerprint density at radius 2 is 2.10 bits per heavy atom. The Bertz CT molecular complexity index is 555. The van der Waals surface area contributed by atoms with Crippen molar-refractivity contribution in [3.05, 3.63) is 35.1 Å². The molecule has 0 aliphatic heterocycles. The Kier molecular flexibility index (Phi) is 5.29. The summed E-state index contributed by atoms with van der Waals surface area (Å²) in [6.45, 7) is 6.11. The summed E-state index contributed by atoms with van der Waals surface area (Å²) < 4.78 is 14.0. The van der Waals surface area contributed by atoms with E-state index < -0.39 is 5.82 Å². The van der Waals surface area contributed by atoms with Crippen molar-refractivity contribution >= 4 is 5.91 Å². The molecule has 1 rings (SSSR count). The molecule has 0 fully saturated rings. The van der Waals surface area contributed by atoms with E-state index >= 15 is 0 Å². The predicted molar refractivity (Wildman–Crippen MR) is 78.8 cm³/mol. The van der Waals surface area contributed by atoms with E-state index in [9.17, 15) is 9.18 Å². The van der Waals surface area contributed by atoms with Gasteiger partial charge in [-0.25, -0.2) is 4.39 Å². The topological polar surface area (TPSA) is 46.3 Å². The van der Waals surface area contributed by atoms with Crippen LogP contribution in [0.5, 0.6) is 0 Å². The van der Waals surface area contributed by atoms with E-state index in [4.69, 9.17) is 5.73 Å². The maximum Gasteiger partial charge on any atom is 0.257 e. The first-order valence-electron chi connectivity index (χ1n) is 6.60. The van der Waals surface area contributed by atoms with Gasteiger partial charge in [-0.05, 0) is 38.5 Å². The summed E-state index contributed by atoms with van der Waals surface area (Å²) >= 11 is 0. The Morgan fingerprint density at radius 1 is 1.45 bits per heavy atom. The number of halogens is 1. The summed E-state index contributed by atoms with van der Waals surface area (Å²) in [7, 11) is 1.69. The summed E-state index contributed by atoms with van der Waals surface area (Å²) in [6.07, 6.45) is 0.789. The van der Waals surface area contributed by atoms with Crippen molar-refractivity contribution < 1.29 is 9.18 Å². The molecule has 0 saturated heterocycles. The van der Waals surface area contributed by atoms with Crippen LogP contribution in [0, 0.1) is 17.7 Å². The number of nitrogens with zero attached hydrogens (tertiary/aromatic N) is 1. The normalized spacial score (nSPS) is 10.7. The fraction of sp³-hybridized carbons (Fsp3) is 0.438. The van der Waals surface area contributed by atoms with Gasteiger partial charge in [0, 0.05) is 18.2 Å². The number of hydrogen-bond donors (Lipinski definition) is 1. The molecule has 1 aromatic carbocycles. The fourth-order valence-electron chi connectivity index (χ4n) is 1.61. The lowest BCUT2D eigenvalue weighted by Gasteiger charge is -2.35. The first-order valence-corrected chi connectivity index (χ1v) is 6.60. The van der Waals surface area contributed by atoms with Crippen molar-refractivity contribution in [2.45, 2.75) is 32.7 Å². The molecule has 3 nitrogen and oxygen atoms in total. The second kappa shape index (κ2) is 6.53. The molecule has 0 heterocycles. The zero-order valence-corrected chi connectivity index (χ0v) is 12.5. The van der Waals surface area contributed by atoms with Gasteiger partial charge in [-0.2, -0.15) is 0 Å². The Hall–Kier alpha value is -1.86. The summed E-state index contributed by atoms with van der Waals surface area (Å²) in [5.74, 6) is 4.51. The van der Waals surface area contributed by atoms with E-state index in [0.717, 1.165) is 6.42 Å². The molecule has 2 N–H and O–H groups in total. The second-order valence-electron chi connectivity index (χ2n) is 5.23. The molecular formula is C16H21FN2O. The van der Waals surface area contributed by atoms with Gasteiger partial charge in [0.25, 0.3) is 5.91 Å². The maximum atomic E-state index is 14.0. The largest absolute Gasteiger partial charge is 0.337 e. The van der Waals surface area contributed by atoms with Crippen molar-refractivity contribution in [2.24, 2.45) is 5.73 Å². The molecule has 1 amide bonds. The van der Waals surface area contributed by atoms with Gasteiger partial charge >= 0.3 is 0 Å². The van der Waals surface area contributed by atoms with Crippen LogP contribution in [0.4, 0.5) is 4.39 Å². The number of nitrogens with two attached hydrogens (primary N) is 1. The molecule has 0 saturated carbocycles. The Labute approximate surface area is 120 Å². The van der Waals surface area contributed by atoms with E-state index in [1.165, 1.54) is 12.1 Å². The van der Waals surface area contributed by atoms with E-state index in [0.29, 0.717) is 5.56 Å². The van der Waals surface area contributed by atoms with Crippen LogP contribution in [-0.2, 0) is 0 Å². The van der Waals surface area contributed by atoms with Crippen LogP contribution < -0.4 is 5.73 Å². The highest BCUT2D eigenvalue weighted by Gasteiger charge is 2.27. The van der Waals surface area contributed by atoms with Gasteiger partial charge in [0.1, 0.15) is 5.82 Å². The average Bonchev–Trinajstić information content (AvgIpc) is 2.43. The number of carbonyl (C=O) groups excluding carboxylic acids is 1. The first kappa shape index (κ1) is 16.2. The quantitative estimate of drug-likeness (QED) is 0.862. The van der Waals surface area contributed by atoms with Crippen LogP contribution in [0.1, 0.15) is 43.1 Å². The molecular weight excluding hydrogens is 255 g/mol. The molecule has 0 unspecified atom stereocenters. The van der Waals surface area contributed by atoms with Gasteiger partial charge in [-0.1, -0.05) is 18.8 Å². The van der Waals surface area contributed by atoms with Crippen molar-refractivity contribution in [1.29, 1.82) is 0 Å². The zero-order chi connectivity index (χ0) is 15.3. The van der Waals surface area contributed by atoms with E-state index in [2.05, 4.69) is 11.8 Å². The molecule has 1 aromatic rings. The molecule has 0 aliphatic carbocycles. The zero-order valence-electron chi connectivity index (χ0n) is 12.5. The number of amides is 1. The minimum Gasteiger partial charge on any atom is -0.337 e. The molecule has 0 aliphatic rings. The number of carbonyl (C=O) groups is 1. The third-order valence-corrected chi connectivity index (χ3v) is 3.61. The van der Waals surface area contributed by atoms with Gasteiger partial charge in [-0.15, -0.1) is 0 Å². The van der Waals surface area contributed by atoms with Crippen molar-refractivity contribution in [3.63, 3.8) is 0 Å². The van der Waals surface area contributed by atoms with E-state index in [1.807, 2.05) is 20.8 Å². The first-order chi connectivity index (χ1) is 9.33. The minimum atomic E-state index is -0.558. The van der Waals surface area contributed by atoms with E-state index in [1.54, 1.807) is 18.0 Å². The lowest BCUT2D eigenvalue weighted by atomic mass is 9.98. The second-order valence-corrected chi connectivity index (χ2v) is 5.23. The third kappa shape index (κ3) is 3.58. The van der Waals surface area contributed by atoms with Crippen LogP contribution in [0.2, 0.25) is 0 Å². The van der Waals surface area contributed by atoms with Gasteiger partial charge < -0.3 is 10.6 Å². The number of rotatable bonds is 3. The van der Waals surface area contributed by atoms with Crippen molar-refractivity contribution in [3.8, 4) is 11.8 Å². The van der Waals surface area contributed by atoms with Gasteiger partial charge in [0.15, 0.2) is 0 Å². The Morgan fingerprint density at radius 3 is 2.60 bits per heavy atom. The maximum absolute atomic E-state index is 14.0. The molecule has 0 aromatic heterocycles. The average molecular weight is 276 g/mol. The van der Waals surface area contributed by atoms with Gasteiger partial charge in [0.2, 0.25) is 0 Å². The molecule has 108 valence electrons. The summed E-state index contributed by atoms with van der Waals surface area (Å²) in [5.41, 5.74) is 5.53. The van der Waals surface area contributed by atoms with Gasteiger partial charge in [0.05, 0.1) is 12.1 Å². The van der Waals surface area contributed by atoms with Crippen LogP contribution in [-0.4, -0.2) is 29.9 Å². The molecule has 4 heteroatoms. The molecule has 0 spiro atoms. The lowest BCUT2D eigenvalue weighted by Crippen LogP contribution is -2.44. The standard InChI is InChI=1S/C16H21FN2O/c1-5-16(2,3)19(4)15(20)13-9-8-12(7-6-10-18)11-14(13)17/h8-9,11H,5,10,18H2,1-4H3. The summed E-state index contributed by atoms with van der Waals surface area (Å²) in [6, 6.07) is 4.37. The van der Waals surface area contributed by atoms with Crippen LogP contribution in [0.15, 0.2) is 18.2 Å². The Balaban J connectivity index is 3.06. The number of benzene rings is 1. The highest BCUT2D eigenvalue weighted by Crippen LogP contribution is 2.21. The highest BCUT2D eigenvalue weighted by atomic mass is 19.1. The third-order valence-electron chi connectivity index (χ3n) is 3.61. The van der Waals surface area contributed by atoms with Crippen molar-refractivity contribution in [2.75, 3.05) is 13.6 Å². The summed E-state index contributed by atoms with van der Waals surface area (Å²) in [4.78, 5) is 13.9. The SMILES string of the molecule is CCC(C)(C)N(C)C(=O)c1ccc(C#CCN)cc1F. The lowest BCUT2D eigenvalue weighted by molar-refractivity contribution is 0.0615. The number of hydrogen-bond acceptors (Lipinski definition) is 2. The van der Waals surface area contributed by atoms with E-state index in [-0.39, 0.29) is 23.6 Å². The monoisotopic (exact) mass is 276 g/mol. The molecule has 0 radical (unpaired) electrons. The van der Waals surface area contributed by atoms with Crippen LogP contribution >= 0.6 is 0 Å².